The molecule has 0 saturated carbocycles. The van der Waals surface area contributed by atoms with Gasteiger partial charge in [0.05, 0.1) is 14.1 Å². The number of halogens is 2. The average molecular weight is 145 g/mol. The Bertz CT molecular complexity index is 17.2. The van der Waals surface area contributed by atoms with Gasteiger partial charge in [-0.15, -0.1) is 23.2 Å². The van der Waals surface area contributed by atoms with Gasteiger partial charge in [0.2, 0.25) is 0 Å². The van der Waals surface area contributed by atoms with E-state index in [2.05, 4.69) is 0 Å². The summed E-state index contributed by atoms with van der Waals surface area (Å²) in [4.78, 5) is 0. The summed E-state index contributed by atoms with van der Waals surface area (Å²) < 4.78 is 0. The Balaban J connectivity index is 0. The summed E-state index contributed by atoms with van der Waals surface area (Å²) >= 11 is 10.1. The molecule has 0 spiro atoms. The molecule has 0 heterocycles. The molecule has 7 heavy (non-hydrogen) atoms. The highest BCUT2D eigenvalue weighted by molar-refractivity contribution is 6.25. The maximum atomic E-state index is 5.05. The highest BCUT2D eigenvalue weighted by atomic mass is 35.5. The van der Waals surface area contributed by atoms with E-state index < -0.39 is 0 Å². The minimum Gasteiger partial charge on any atom is -0.351 e. The molecular weight excluding hydrogens is 133 g/mol. The number of alkyl halides is 2. The molecule has 0 aromatic heterocycles. The molecular formula is C4H12Cl2N+. The van der Waals surface area contributed by atoms with E-state index in [9.17, 15) is 0 Å². The number of hydrogen-bond acceptors (Lipinski definition) is 0. The molecule has 0 aliphatic rings. The Hall–Kier alpha value is 0.540. The second-order valence-electron chi connectivity index (χ2n) is 0.955. The highest BCUT2D eigenvalue weighted by Crippen LogP contribution is 1.75. The molecule has 0 fully saturated rings. The molecule has 0 aliphatic heterocycles. The summed E-state index contributed by atoms with van der Waals surface area (Å²) in [5, 5.41) is 2.00. The van der Waals surface area contributed by atoms with Crippen LogP contribution >= 0.6 is 23.2 Å². The lowest BCUT2D eigenvalue weighted by molar-refractivity contribution is -0.597. The van der Waals surface area contributed by atoms with E-state index in [1.807, 2.05) is 19.4 Å². The average Bonchev–Trinajstić information content (AvgIpc) is 1.69. The lowest BCUT2D eigenvalue weighted by Gasteiger charge is -1.63. The fourth-order valence-electron chi connectivity index (χ4n) is 0. The first-order valence-electron chi connectivity index (χ1n) is 2.19. The molecule has 0 aliphatic carbocycles. The van der Waals surface area contributed by atoms with Crippen LogP contribution in [-0.2, 0) is 0 Å². The van der Waals surface area contributed by atoms with Gasteiger partial charge in [0.15, 0.2) is 0 Å². The monoisotopic (exact) mass is 144 g/mol. The van der Waals surface area contributed by atoms with Crippen LogP contribution < -0.4 is 5.32 Å². The van der Waals surface area contributed by atoms with Crippen molar-refractivity contribution in [1.29, 1.82) is 0 Å². The van der Waals surface area contributed by atoms with Gasteiger partial charge >= 0.3 is 0 Å². The summed E-state index contributed by atoms with van der Waals surface area (Å²) in [6, 6.07) is 0. The van der Waals surface area contributed by atoms with Crippen LogP contribution in [0.5, 0.6) is 0 Å². The van der Waals surface area contributed by atoms with Gasteiger partial charge in [-0.25, -0.2) is 0 Å². The van der Waals surface area contributed by atoms with Crippen LogP contribution in [0.4, 0.5) is 0 Å². The first-order chi connectivity index (χ1) is 3.33. The Morgan fingerprint density at radius 3 is 1.29 bits per heavy atom. The third-order valence-corrected chi connectivity index (χ3v) is 0.643. The Morgan fingerprint density at radius 1 is 1.14 bits per heavy atom. The van der Waals surface area contributed by atoms with Gasteiger partial charge in [-0.2, -0.15) is 0 Å². The smallest absolute Gasteiger partial charge is 0.0647 e. The molecule has 0 atom stereocenters. The lowest BCUT2D eigenvalue weighted by Crippen LogP contribution is -2.74. The molecule has 0 aromatic carbocycles. The van der Waals surface area contributed by atoms with Crippen molar-refractivity contribution in [2.75, 3.05) is 25.9 Å². The van der Waals surface area contributed by atoms with Crippen molar-refractivity contribution in [3.05, 3.63) is 0 Å². The Morgan fingerprint density at radius 2 is 1.29 bits per heavy atom. The third-order valence-electron chi connectivity index (χ3n) is 0.0714. The summed E-state index contributed by atoms with van der Waals surface area (Å²) in [6.45, 7) is 0. The largest absolute Gasteiger partial charge is 0.351 e. The van der Waals surface area contributed by atoms with Crippen LogP contribution in [-0.4, -0.2) is 25.9 Å². The highest BCUT2D eigenvalue weighted by Gasteiger charge is 1.61. The maximum Gasteiger partial charge on any atom is 0.0647 e. The molecule has 0 aromatic rings. The van der Waals surface area contributed by atoms with E-state index >= 15 is 0 Å². The van der Waals surface area contributed by atoms with E-state index in [1.165, 1.54) is 0 Å². The van der Waals surface area contributed by atoms with Crippen LogP contribution in [0.1, 0.15) is 0 Å². The number of hydrogen-bond donors (Lipinski definition) is 1. The first kappa shape index (κ1) is 10.5. The van der Waals surface area contributed by atoms with Gasteiger partial charge in [-0.1, -0.05) is 0 Å². The second-order valence-corrected chi connectivity index (χ2v) is 1.71. The molecule has 46 valence electrons. The van der Waals surface area contributed by atoms with Crippen molar-refractivity contribution in [1.82, 2.24) is 0 Å². The van der Waals surface area contributed by atoms with Gasteiger partial charge in [-0.3, -0.25) is 0 Å². The molecule has 0 amide bonds. The van der Waals surface area contributed by atoms with E-state index in [1.54, 1.807) is 0 Å². The second kappa shape index (κ2) is 16.0. The van der Waals surface area contributed by atoms with Crippen LogP contribution in [0.2, 0.25) is 0 Å². The van der Waals surface area contributed by atoms with Gasteiger partial charge < -0.3 is 5.32 Å². The summed E-state index contributed by atoms with van der Waals surface area (Å²) in [5.41, 5.74) is 0. The number of rotatable bonds is 1. The molecule has 2 N–H and O–H groups in total. The zero-order valence-corrected chi connectivity index (χ0v) is 6.26. The van der Waals surface area contributed by atoms with Crippen LogP contribution in [0.25, 0.3) is 0 Å². The van der Waals surface area contributed by atoms with Crippen molar-refractivity contribution < 1.29 is 5.32 Å². The van der Waals surface area contributed by atoms with Crippen molar-refractivity contribution >= 4 is 23.2 Å². The van der Waals surface area contributed by atoms with Crippen LogP contribution in [0.3, 0.4) is 0 Å². The Labute approximate surface area is 55.0 Å². The normalized spacial score (nSPS) is 6.86. The predicted octanol–water partition coefficient (Wildman–Crippen LogP) is 0.273. The molecule has 0 bridgehead atoms. The predicted molar refractivity (Wildman–Crippen MR) is 35.2 cm³/mol. The van der Waals surface area contributed by atoms with Gasteiger partial charge in [0, 0.05) is 11.8 Å². The fraction of sp³-hybridized carbons (Fsp3) is 1.00. The molecule has 0 radical (unpaired) electrons. The van der Waals surface area contributed by atoms with Gasteiger partial charge in [0.25, 0.3) is 0 Å². The Kier molecular flexibility index (Phi) is 24.0. The minimum absolute atomic E-state index is 0.557. The zero-order chi connectivity index (χ0) is 6.12. The first-order valence-corrected chi connectivity index (χ1v) is 3.26. The molecule has 1 nitrogen and oxygen atoms in total. The molecule has 0 unspecified atom stereocenters. The number of quaternary nitrogens is 1. The zero-order valence-electron chi connectivity index (χ0n) is 4.75. The van der Waals surface area contributed by atoms with Crippen molar-refractivity contribution in [2.24, 2.45) is 0 Å². The van der Waals surface area contributed by atoms with Crippen molar-refractivity contribution in [3.63, 3.8) is 0 Å². The maximum absolute atomic E-state index is 5.05. The van der Waals surface area contributed by atoms with Crippen molar-refractivity contribution in [2.45, 2.75) is 0 Å². The minimum atomic E-state index is 0.557. The summed E-state index contributed by atoms with van der Waals surface area (Å²) in [5.74, 6) is 1.11. The molecule has 0 saturated heterocycles. The van der Waals surface area contributed by atoms with E-state index in [0.29, 0.717) is 11.8 Å². The standard InChI is InChI=1S/C2H4Cl2.C2H7N/c3-1-2-4;1-3-2/h1-2H2;3H,1-2H3/p+1. The van der Waals surface area contributed by atoms with Crippen LogP contribution in [0.15, 0.2) is 0 Å². The molecule has 3 heteroatoms. The van der Waals surface area contributed by atoms with E-state index in [-0.39, 0.29) is 0 Å². The van der Waals surface area contributed by atoms with Crippen LogP contribution in [0, 0.1) is 0 Å². The SMILES string of the molecule is C[NH2+]C.ClCCCl. The quantitative estimate of drug-likeness (QED) is 0.510. The summed E-state index contributed by atoms with van der Waals surface area (Å²) in [7, 11) is 4.00. The van der Waals surface area contributed by atoms with Gasteiger partial charge in [-0.05, 0) is 0 Å². The van der Waals surface area contributed by atoms with Gasteiger partial charge in [0.1, 0.15) is 0 Å². The fourth-order valence-corrected chi connectivity index (χ4v) is 0. The third kappa shape index (κ3) is 56.8. The lowest BCUT2D eigenvalue weighted by atomic mass is 11.0. The molecule has 0 rings (SSSR count). The number of nitrogens with two attached hydrogens (primary N) is 1. The van der Waals surface area contributed by atoms with Crippen molar-refractivity contribution in [3.8, 4) is 0 Å². The summed E-state index contributed by atoms with van der Waals surface area (Å²) in [6.07, 6.45) is 0. The topological polar surface area (TPSA) is 16.6 Å². The van der Waals surface area contributed by atoms with E-state index in [0.717, 1.165) is 0 Å². The van der Waals surface area contributed by atoms with E-state index in [4.69, 9.17) is 23.2 Å².